The largest absolute Gasteiger partial charge is 0.496 e. The molecule has 2 aromatic heterocycles. The zero-order chi connectivity index (χ0) is 14.3. The second kappa shape index (κ2) is 4.80. The van der Waals surface area contributed by atoms with Gasteiger partial charge in [-0.2, -0.15) is 0 Å². The number of fused-ring (bicyclic) bond motifs is 1. The Labute approximate surface area is 121 Å². The summed E-state index contributed by atoms with van der Waals surface area (Å²) < 4.78 is 10.6. The predicted molar refractivity (Wildman–Crippen MR) is 78.3 cm³/mol. The van der Waals surface area contributed by atoms with Crippen LogP contribution >= 0.6 is 11.6 Å². The maximum atomic E-state index is 6.25. The van der Waals surface area contributed by atoms with Crippen molar-refractivity contribution in [2.24, 2.45) is 0 Å². The Hall–Kier alpha value is -2.07. The number of nitrogens with zero attached hydrogens (tertiary/aromatic N) is 2. The highest BCUT2D eigenvalue weighted by Gasteiger charge is 2.15. The molecule has 20 heavy (non-hydrogen) atoms. The minimum atomic E-state index is 0.495. The summed E-state index contributed by atoms with van der Waals surface area (Å²) in [6, 6.07) is 7.70. The Morgan fingerprint density at radius 2 is 2.00 bits per heavy atom. The summed E-state index contributed by atoms with van der Waals surface area (Å²) in [5.74, 6) is 0.757. The molecule has 0 bridgehead atoms. The molecule has 0 fully saturated rings. The van der Waals surface area contributed by atoms with E-state index in [0.29, 0.717) is 16.1 Å². The van der Waals surface area contributed by atoms with Crippen LogP contribution in [0.25, 0.3) is 22.4 Å². The Morgan fingerprint density at radius 1 is 1.20 bits per heavy atom. The zero-order valence-electron chi connectivity index (χ0n) is 11.4. The topological polar surface area (TPSA) is 48.2 Å². The van der Waals surface area contributed by atoms with Gasteiger partial charge in [0.15, 0.2) is 0 Å². The number of ether oxygens (including phenoxy) is 1. The summed E-state index contributed by atoms with van der Waals surface area (Å²) in [7, 11) is 1.64. The molecule has 102 valence electrons. The van der Waals surface area contributed by atoms with E-state index in [9.17, 15) is 0 Å². The van der Waals surface area contributed by atoms with Crippen LogP contribution in [-0.2, 0) is 0 Å². The molecule has 0 saturated carbocycles. The first-order valence-corrected chi connectivity index (χ1v) is 6.55. The molecule has 5 heteroatoms. The molecule has 0 atom stereocenters. The quantitative estimate of drug-likeness (QED) is 0.710. The zero-order valence-corrected chi connectivity index (χ0v) is 12.2. The second-order valence-electron chi connectivity index (χ2n) is 4.64. The van der Waals surface area contributed by atoms with E-state index in [0.717, 1.165) is 28.3 Å². The molecule has 0 aliphatic carbocycles. The van der Waals surface area contributed by atoms with Crippen molar-refractivity contribution >= 4 is 22.7 Å². The van der Waals surface area contributed by atoms with E-state index in [1.165, 1.54) is 0 Å². The molecule has 0 aliphatic heterocycles. The molecule has 2 heterocycles. The van der Waals surface area contributed by atoms with E-state index in [2.05, 4.69) is 10.1 Å². The van der Waals surface area contributed by atoms with Gasteiger partial charge in [0, 0.05) is 5.56 Å². The molecule has 0 spiro atoms. The number of hydrogen-bond acceptors (Lipinski definition) is 4. The van der Waals surface area contributed by atoms with Crippen LogP contribution in [0.4, 0.5) is 0 Å². The van der Waals surface area contributed by atoms with Gasteiger partial charge < -0.3 is 9.26 Å². The number of benzene rings is 1. The lowest BCUT2D eigenvalue weighted by atomic mass is 10.1. The van der Waals surface area contributed by atoms with Crippen molar-refractivity contribution < 1.29 is 9.26 Å². The molecule has 3 rings (SSSR count). The average Bonchev–Trinajstić information content (AvgIpc) is 2.81. The SMILES string of the molecule is COc1ccc(C)cc1-c1cc(Cl)c2onc(C)c2n1. The monoisotopic (exact) mass is 288 g/mol. The first-order chi connectivity index (χ1) is 9.60. The van der Waals surface area contributed by atoms with Crippen LogP contribution in [0, 0.1) is 13.8 Å². The molecular formula is C15H13ClN2O2. The summed E-state index contributed by atoms with van der Waals surface area (Å²) in [6.45, 7) is 3.86. The maximum absolute atomic E-state index is 6.25. The maximum Gasteiger partial charge on any atom is 0.204 e. The number of rotatable bonds is 2. The number of hydrogen-bond donors (Lipinski definition) is 0. The predicted octanol–water partition coefficient (Wildman–Crippen LogP) is 4.17. The van der Waals surface area contributed by atoms with E-state index in [4.69, 9.17) is 20.9 Å². The van der Waals surface area contributed by atoms with Crippen LogP contribution in [0.15, 0.2) is 28.8 Å². The molecule has 0 amide bonds. The van der Waals surface area contributed by atoms with Gasteiger partial charge in [-0.25, -0.2) is 4.98 Å². The van der Waals surface area contributed by atoms with Gasteiger partial charge in [0.05, 0.1) is 17.8 Å². The standard InChI is InChI=1S/C15H13ClN2O2/c1-8-4-5-13(19-3)10(6-8)12-7-11(16)15-14(17-12)9(2)18-20-15/h4-7H,1-3H3. The Bertz CT molecular complexity index is 796. The van der Waals surface area contributed by atoms with Crippen LogP contribution < -0.4 is 4.74 Å². The van der Waals surface area contributed by atoms with Crippen LogP contribution in [0.2, 0.25) is 5.02 Å². The van der Waals surface area contributed by atoms with Gasteiger partial charge in [-0.05, 0) is 32.0 Å². The lowest BCUT2D eigenvalue weighted by Crippen LogP contribution is -1.92. The van der Waals surface area contributed by atoms with Gasteiger partial charge in [-0.15, -0.1) is 0 Å². The minimum absolute atomic E-state index is 0.495. The third kappa shape index (κ3) is 2.02. The van der Waals surface area contributed by atoms with Gasteiger partial charge in [-0.1, -0.05) is 28.4 Å². The number of methoxy groups -OCH3 is 1. The lowest BCUT2D eigenvalue weighted by molar-refractivity contribution is 0.416. The van der Waals surface area contributed by atoms with Crippen molar-refractivity contribution in [3.8, 4) is 17.0 Å². The molecule has 3 aromatic rings. The smallest absolute Gasteiger partial charge is 0.204 e. The molecule has 0 saturated heterocycles. The van der Waals surface area contributed by atoms with Crippen molar-refractivity contribution in [1.82, 2.24) is 10.1 Å². The van der Waals surface area contributed by atoms with Gasteiger partial charge in [0.1, 0.15) is 17.0 Å². The van der Waals surface area contributed by atoms with Crippen LogP contribution in [0.3, 0.4) is 0 Å². The van der Waals surface area contributed by atoms with Crippen LogP contribution in [0.1, 0.15) is 11.3 Å². The second-order valence-corrected chi connectivity index (χ2v) is 5.05. The van der Waals surface area contributed by atoms with E-state index in [1.807, 2.05) is 32.0 Å². The van der Waals surface area contributed by atoms with E-state index >= 15 is 0 Å². The lowest BCUT2D eigenvalue weighted by Gasteiger charge is -2.09. The van der Waals surface area contributed by atoms with Gasteiger partial charge in [0.2, 0.25) is 5.58 Å². The Balaban J connectivity index is 2.29. The van der Waals surface area contributed by atoms with Crippen LogP contribution in [-0.4, -0.2) is 17.3 Å². The molecule has 0 radical (unpaired) electrons. The van der Waals surface area contributed by atoms with Crippen molar-refractivity contribution in [1.29, 1.82) is 0 Å². The summed E-state index contributed by atoms with van der Waals surface area (Å²) in [5.41, 5.74) is 4.68. The summed E-state index contributed by atoms with van der Waals surface area (Å²) in [4.78, 5) is 4.59. The number of aromatic nitrogens is 2. The first-order valence-electron chi connectivity index (χ1n) is 6.17. The van der Waals surface area contributed by atoms with E-state index < -0.39 is 0 Å². The highest BCUT2D eigenvalue weighted by atomic mass is 35.5. The third-order valence-corrected chi connectivity index (χ3v) is 3.46. The Kier molecular flexibility index (Phi) is 3.10. The first kappa shape index (κ1) is 12.9. The van der Waals surface area contributed by atoms with Crippen molar-refractivity contribution in [2.75, 3.05) is 7.11 Å². The summed E-state index contributed by atoms with van der Waals surface area (Å²) in [5, 5.41) is 4.39. The minimum Gasteiger partial charge on any atom is -0.496 e. The highest BCUT2D eigenvalue weighted by Crippen LogP contribution is 2.34. The summed E-state index contributed by atoms with van der Waals surface area (Å²) in [6.07, 6.45) is 0. The molecule has 0 unspecified atom stereocenters. The molecule has 4 nitrogen and oxygen atoms in total. The van der Waals surface area contributed by atoms with Crippen molar-refractivity contribution in [3.63, 3.8) is 0 Å². The normalized spacial score (nSPS) is 11.0. The molecule has 0 N–H and O–H groups in total. The van der Waals surface area contributed by atoms with Crippen molar-refractivity contribution in [3.05, 3.63) is 40.5 Å². The van der Waals surface area contributed by atoms with Gasteiger partial charge >= 0.3 is 0 Å². The van der Waals surface area contributed by atoms with Crippen LogP contribution in [0.5, 0.6) is 5.75 Å². The number of pyridine rings is 1. The fourth-order valence-electron chi connectivity index (χ4n) is 2.15. The van der Waals surface area contributed by atoms with E-state index in [1.54, 1.807) is 13.2 Å². The fourth-order valence-corrected chi connectivity index (χ4v) is 2.38. The third-order valence-electron chi connectivity index (χ3n) is 3.18. The number of halogens is 1. The van der Waals surface area contributed by atoms with Crippen molar-refractivity contribution in [2.45, 2.75) is 13.8 Å². The number of aryl methyl sites for hydroxylation is 2. The van der Waals surface area contributed by atoms with E-state index in [-0.39, 0.29) is 0 Å². The Morgan fingerprint density at radius 3 is 2.75 bits per heavy atom. The fraction of sp³-hybridized carbons (Fsp3) is 0.200. The highest BCUT2D eigenvalue weighted by molar-refractivity contribution is 6.35. The molecular weight excluding hydrogens is 276 g/mol. The van der Waals surface area contributed by atoms with Gasteiger partial charge in [0.25, 0.3) is 0 Å². The molecule has 1 aromatic carbocycles. The van der Waals surface area contributed by atoms with Gasteiger partial charge in [-0.3, -0.25) is 0 Å². The molecule has 0 aliphatic rings. The summed E-state index contributed by atoms with van der Waals surface area (Å²) >= 11 is 6.25. The average molecular weight is 289 g/mol.